The monoisotopic (exact) mass is 401 g/mol. The summed E-state index contributed by atoms with van der Waals surface area (Å²) >= 11 is 0. The summed E-state index contributed by atoms with van der Waals surface area (Å²) in [7, 11) is 0. The van der Waals surface area contributed by atoms with E-state index in [0.29, 0.717) is 18.7 Å². The number of piperazine rings is 1. The van der Waals surface area contributed by atoms with E-state index in [4.69, 9.17) is 0 Å². The van der Waals surface area contributed by atoms with Gasteiger partial charge in [-0.25, -0.2) is 8.78 Å². The van der Waals surface area contributed by atoms with Crippen molar-refractivity contribution in [3.63, 3.8) is 0 Å². The molecule has 2 aliphatic rings. The molecule has 5 nitrogen and oxygen atoms in total. The molecule has 150 valence electrons. The summed E-state index contributed by atoms with van der Waals surface area (Å²) in [5.74, 6) is -1.51. The highest BCUT2D eigenvalue weighted by Gasteiger charge is 2.31. The number of hydrogen-bond donors (Lipinski definition) is 1. The molecule has 0 aromatic heterocycles. The molecule has 0 spiro atoms. The first-order valence-electron chi connectivity index (χ1n) is 9.28. The van der Waals surface area contributed by atoms with Crippen LogP contribution in [0.2, 0.25) is 0 Å². The van der Waals surface area contributed by atoms with Gasteiger partial charge in [0.15, 0.2) is 0 Å². The van der Waals surface area contributed by atoms with Crippen LogP contribution >= 0.6 is 12.4 Å². The predicted molar refractivity (Wildman–Crippen MR) is 100 cm³/mol. The number of carbonyl (C=O) groups is 2. The van der Waals surface area contributed by atoms with Gasteiger partial charge >= 0.3 is 0 Å². The number of carbonyl (C=O) groups excluding carboxylic acids is 2. The van der Waals surface area contributed by atoms with E-state index >= 15 is 0 Å². The second-order valence-electron chi connectivity index (χ2n) is 7.04. The van der Waals surface area contributed by atoms with Crippen LogP contribution in [0.15, 0.2) is 18.2 Å². The van der Waals surface area contributed by atoms with Crippen LogP contribution in [0.5, 0.6) is 0 Å². The molecule has 2 amide bonds. The van der Waals surface area contributed by atoms with Crippen LogP contribution in [0.25, 0.3) is 0 Å². The van der Waals surface area contributed by atoms with Gasteiger partial charge in [0.2, 0.25) is 11.8 Å². The summed E-state index contributed by atoms with van der Waals surface area (Å²) in [6.07, 6.45) is 4.43. The molecule has 0 radical (unpaired) electrons. The number of nitrogens with zero attached hydrogens (tertiary/aromatic N) is 2. The molecule has 0 bridgehead atoms. The van der Waals surface area contributed by atoms with Gasteiger partial charge in [0, 0.05) is 38.8 Å². The Morgan fingerprint density at radius 1 is 1.04 bits per heavy atom. The fourth-order valence-corrected chi connectivity index (χ4v) is 3.65. The Bertz CT molecular complexity index is 646. The lowest BCUT2D eigenvalue weighted by atomic mass is 10.1. The van der Waals surface area contributed by atoms with Gasteiger partial charge < -0.3 is 15.1 Å². The first-order valence-corrected chi connectivity index (χ1v) is 9.28. The largest absolute Gasteiger partial charge is 0.343 e. The molecule has 3 rings (SSSR count). The Labute approximate surface area is 164 Å². The molecule has 2 fully saturated rings. The Kier molecular flexibility index (Phi) is 7.98. The van der Waals surface area contributed by atoms with Crippen LogP contribution < -0.4 is 5.32 Å². The Balaban J connectivity index is 0.00000261. The summed E-state index contributed by atoms with van der Waals surface area (Å²) < 4.78 is 26.7. The molecule has 0 saturated carbocycles. The van der Waals surface area contributed by atoms with Crippen LogP contribution in [0.1, 0.15) is 37.7 Å². The second kappa shape index (κ2) is 9.99. The molecule has 27 heavy (non-hydrogen) atoms. The quantitative estimate of drug-likeness (QED) is 0.843. The highest BCUT2D eigenvalue weighted by Crippen LogP contribution is 2.16. The average Bonchev–Trinajstić information content (AvgIpc) is 2.87. The number of nitrogens with one attached hydrogen (secondary N) is 1. The fourth-order valence-electron chi connectivity index (χ4n) is 3.65. The molecular weight excluding hydrogens is 376 g/mol. The van der Waals surface area contributed by atoms with Gasteiger partial charge in [-0.2, -0.15) is 0 Å². The van der Waals surface area contributed by atoms with Gasteiger partial charge in [-0.05, 0) is 30.5 Å². The third-order valence-corrected chi connectivity index (χ3v) is 5.02. The van der Waals surface area contributed by atoms with Crippen molar-refractivity contribution in [3.05, 3.63) is 35.4 Å². The van der Waals surface area contributed by atoms with E-state index in [1.807, 2.05) is 4.90 Å². The van der Waals surface area contributed by atoms with E-state index in [0.717, 1.165) is 44.8 Å². The van der Waals surface area contributed by atoms with Crippen LogP contribution in [0, 0.1) is 11.6 Å². The van der Waals surface area contributed by atoms with E-state index < -0.39 is 17.7 Å². The molecule has 8 heteroatoms. The van der Waals surface area contributed by atoms with Gasteiger partial charge in [0.25, 0.3) is 0 Å². The zero-order chi connectivity index (χ0) is 18.5. The second-order valence-corrected chi connectivity index (χ2v) is 7.04. The molecule has 1 aromatic rings. The minimum atomic E-state index is -0.657. The summed E-state index contributed by atoms with van der Waals surface area (Å²) in [4.78, 5) is 28.6. The molecule has 0 aliphatic carbocycles. The van der Waals surface area contributed by atoms with Gasteiger partial charge in [-0.3, -0.25) is 9.59 Å². The predicted octanol–water partition coefficient (Wildman–Crippen LogP) is 2.48. The molecule has 2 saturated heterocycles. The van der Waals surface area contributed by atoms with Crippen LogP contribution in [0.3, 0.4) is 0 Å². The zero-order valence-corrected chi connectivity index (χ0v) is 16.1. The number of rotatable bonds is 4. The smallest absolute Gasteiger partial charge is 0.240 e. The molecule has 1 unspecified atom stereocenters. The maximum absolute atomic E-state index is 13.4. The van der Waals surface area contributed by atoms with Crippen molar-refractivity contribution in [1.82, 2.24) is 15.1 Å². The van der Waals surface area contributed by atoms with Crippen molar-refractivity contribution in [2.75, 3.05) is 26.2 Å². The molecule has 2 heterocycles. The lowest BCUT2D eigenvalue weighted by molar-refractivity contribution is -0.141. The van der Waals surface area contributed by atoms with Crippen LogP contribution in [-0.4, -0.2) is 53.8 Å². The lowest BCUT2D eigenvalue weighted by Crippen LogP contribution is -2.56. The van der Waals surface area contributed by atoms with Crippen molar-refractivity contribution in [3.8, 4) is 0 Å². The fraction of sp³-hybridized carbons (Fsp3) is 0.579. The Morgan fingerprint density at radius 2 is 1.67 bits per heavy atom. The first-order chi connectivity index (χ1) is 12.5. The molecular formula is C19H26ClF2N3O2. The standard InChI is InChI=1S/C19H25F2N3O2.ClH/c20-15-9-14(10-16(21)11-15)13-24-8-5-22-17(19(24)26)12-18(25)23-6-3-1-2-4-7-23;/h9-11,17,22H,1-8,12-13H2;1H. The first kappa shape index (κ1) is 21.6. The summed E-state index contributed by atoms with van der Waals surface area (Å²) in [6.45, 7) is 2.66. The van der Waals surface area contributed by atoms with E-state index in [-0.39, 0.29) is 37.2 Å². The normalized spacial score (nSPS) is 20.8. The summed E-state index contributed by atoms with van der Waals surface area (Å²) in [5, 5.41) is 3.11. The molecule has 1 N–H and O–H groups in total. The van der Waals surface area contributed by atoms with Crippen molar-refractivity contribution in [2.24, 2.45) is 0 Å². The van der Waals surface area contributed by atoms with E-state index in [1.54, 1.807) is 4.90 Å². The number of benzene rings is 1. The highest BCUT2D eigenvalue weighted by atomic mass is 35.5. The number of amides is 2. The maximum Gasteiger partial charge on any atom is 0.240 e. The van der Waals surface area contributed by atoms with E-state index in [2.05, 4.69) is 5.32 Å². The Morgan fingerprint density at radius 3 is 2.30 bits per heavy atom. The third kappa shape index (κ3) is 5.87. The summed E-state index contributed by atoms with van der Waals surface area (Å²) in [5.41, 5.74) is 0.412. The highest BCUT2D eigenvalue weighted by molar-refractivity contribution is 5.89. The van der Waals surface area contributed by atoms with Gasteiger partial charge in [0.05, 0.1) is 12.5 Å². The molecule has 1 atom stereocenters. The third-order valence-electron chi connectivity index (χ3n) is 5.02. The molecule has 2 aliphatic heterocycles. The van der Waals surface area contributed by atoms with Crippen molar-refractivity contribution in [1.29, 1.82) is 0 Å². The Hall–Kier alpha value is -1.73. The molecule has 1 aromatic carbocycles. The number of likely N-dealkylation sites (tertiary alicyclic amines) is 1. The lowest BCUT2D eigenvalue weighted by Gasteiger charge is -2.34. The van der Waals surface area contributed by atoms with Crippen LogP contribution in [-0.2, 0) is 16.1 Å². The van der Waals surface area contributed by atoms with Crippen molar-refractivity contribution in [2.45, 2.75) is 44.7 Å². The van der Waals surface area contributed by atoms with Crippen molar-refractivity contribution >= 4 is 24.2 Å². The van der Waals surface area contributed by atoms with E-state index in [9.17, 15) is 18.4 Å². The number of hydrogen-bond acceptors (Lipinski definition) is 3. The average molecular weight is 402 g/mol. The topological polar surface area (TPSA) is 52.7 Å². The van der Waals surface area contributed by atoms with Gasteiger partial charge in [-0.15, -0.1) is 12.4 Å². The zero-order valence-electron chi connectivity index (χ0n) is 15.3. The minimum absolute atomic E-state index is 0. The summed E-state index contributed by atoms with van der Waals surface area (Å²) in [6, 6.07) is 2.70. The minimum Gasteiger partial charge on any atom is -0.343 e. The number of halogens is 3. The van der Waals surface area contributed by atoms with Gasteiger partial charge in [0.1, 0.15) is 11.6 Å². The SMILES string of the molecule is Cl.O=C(CC1NCCN(Cc2cc(F)cc(F)c2)C1=O)N1CCCCCC1. The van der Waals surface area contributed by atoms with Crippen LogP contribution in [0.4, 0.5) is 8.78 Å². The van der Waals surface area contributed by atoms with Gasteiger partial charge in [-0.1, -0.05) is 12.8 Å². The van der Waals surface area contributed by atoms with E-state index in [1.165, 1.54) is 12.1 Å². The van der Waals surface area contributed by atoms with Crippen molar-refractivity contribution < 1.29 is 18.4 Å². The maximum atomic E-state index is 13.4.